The molecular formula is C34H23F10NO4. The van der Waals surface area contributed by atoms with Crippen LogP contribution in [-0.2, 0) is 27.7 Å². The molecule has 0 spiro atoms. The Morgan fingerprint density at radius 3 is 2.12 bits per heavy atom. The van der Waals surface area contributed by atoms with Gasteiger partial charge in [0.2, 0.25) is 0 Å². The molecule has 4 rings (SSSR count). The van der Waals surface area contributed by atoms with Gasteiger partial charge in [-0.3, -0.25) is 4.79 Å². The zero-order chi connectivity index (χ0) is 36.1. The second-order valence-corrected chi connectivity index (χ2v) is 10.4. The smallest absolute Gasteiger partial charge is 0.461 e. The van der Waals surface area contributed by atoms with Gasteiger partial charge in [0.15, 0.2) is 0 Å². The van der Waals surface area contributed by atoms with E-state index < -0.39 is 82.4 Å². The minimum atomic E-state index is -5.23. The Balaban J connectivity index is 2.04. The monoisotopic (exact) mass is 699 g/mol. The molecule has 0 aliphatic rings. The molecule has 49 heavy (non-hydrogen) atoms. The van der Waals surface area contributed by atoms with Gasteiger partial charge < -0.3 is 14.8 Å². The molecule has 0 aliphatic heterocycles. The van der Waals surface area contributed by atoms with Gasteiger partial charge in [-0.05, 0) is 65.2 Å². The molecule has 5 nitrogen and oxygen atoms in total. The number of benzene rings is 4. The van der Waals surface area contributed by atoms with Crippen molar-refractivity contribution in [3.63, 3.8) is 0 Å². The van der Waals surface area contributed by atoms with Crippen LogP contribution in [0.2, 0.25) is 0 Å². The average Bonchev–Trinajstić information content (AvgIpc) is 3.03. The topological polar surface area (TPSA) is 64.6 Å². The Morgan fingerprint density at radius 2 is 1.49 bits per heavy atom. The molecule has 15 heteroatoms. The summed E-state index contributed by atoms with van der Waals surface area (Å²) in [5.41, 5.74) is -5.43. The minimum Gasteiger partial charge on any atom is -0.466 e. The number of alkyl halides is 7. The standard InChI is InChI=1S/C34H23F10NO4/c1-48-29(46)12-8-20-13-22(9-11-27(20)36)32(18-19-5-3-2-4-6-19,23-15-24(35)17-25(16-23)49-34(43,44)31(38)39)45-30(47)21-7-10-28(37)26(14-21)33(40,41)42/h2-17,31H,18H2,1H3,(H,45,47). The molecule has 4 aromatic carbocycles. The maximum Gasteiger partial charge on any atom is 0.461 e. The molecule has 0 aliphatic carbocycles. The van der Waals surface area contributed by atoms with E-state index in [0.29, 0.717) is 35.9 Å². The summed E-state index contributed by atoms with van der Waals surface area (Å²) in [7, 11) is 1.04. The number of hydrogen-bond donors (Lipinski definition) is 1. The summed E-state index contributed by atoms with van der Waals surface area (Å²) in [5.74, 6) is -7.34. The Labute approximate surface area is 271 Å². The third-order valence-corrected chi connectivity index (χ3v) is 7.13. The van der Waals surface area contributed by atoms with Gasteiger partial charge in [0.1, 0.15) is 23.2 Å². The van der Waals surface area contributed by atoms with E-state index >= 15 is 4.39 Å². The van der Waals surface area contributed by atoms with E-state index in [-0.39, 0.29) is 17.2 Å². The third kappa shape index (κ3) is 8.58. The highest BCUT2D eigenvalue weighted by molar-refractivity contribution is 5.95. The first-order valence-corrected chi connectivity index (χ1v) is 13.9. The fourth-order valence-electron chi connectivity index (χ4n) is 4.84. The van der Waals surface area contributed by atoms with Gasteiger partial charge in [0.25, 0.3) is 5.91 Å². The van der Waals surface area contributed by atoms with E-state index in [1.54, 1.807) is 6.07 Å². The quantitative estimate of drug-likeness (QED) is 0.0970. The molecule has 0 saturated carbocycles. The molecule has 1 amide bonds. The number of hydrogen-bond acceptors (Lipinski definition) is 4. The number of rotatable bonds is 11. The van der Waals surface area contributed by atoms with Gasteiger partial charge >= 0.3 is 24.7 Å². The lowest BCUT2D eigenvalue weighted by Crippen LogP contribution is -2.49. The van der Waals surface area contributed by atoms with Gasteiger partial charge in [-0.15, -0.1) is 0 Å². The third-order valence-electron chi connectivity index (χ3n) is 7.13. The van der Waals surface area contributed by atoms with Crippen molar-refractivity contribution < 1.29 is 63.0 Å². The van der Waals surface area contributed by atoms with Gasteiger partial charge in [0, 0.05) is 29.7 Å². The largest absolute Gasteiger partial charge is 0.466 e. The van der Waals surface area contributed by atoms with E-state index in [1.807, 2.05) is 0 Å². The molecule has 0 heterocycles. The predicted octanol–water partition coefficient (Wildman–Crippen LogP) is 8.46. The summed E-state index contributed by atoms with van der Waals surface area (Å²) in [6.07, 6.45) is -13.3. The predicted molar refractivity (Wildman–Crippen MR) is 155 cm³/mol. The summed E-state index contributed by atoms with van der Waals surface area (Å²) in [5, 5.41) is 2.46. The number of halogens is 10. The Hall–Kier alpha value is -5.34. The van der Waals surface area contributed by atoms with Crippen LogP contribution in [-0.4, -0.2) is 31.5 Å². The number of methoxy groups -OCH3 is 1. The van der Waals surface area contributed by atoms with Crippen molar-refractivity contribution >= 4 is 18.0 Å². The number of ether oxygens (including phenoxy) is 2. The summed E-state index contributed by atoms with van der Waals surface area (Å²) in [4.78, 5) is 25.5. The van der Waals surface area contributed by atoms with Crippen LogP contribution in [0.1, 0.15) is 38.2 Å². The first-order valence-electron chi connectivity index (χ1n) is 13.9. The first-order chi connectivity index (χ1) is 22.9. The average molecular weight is 700 g/mol. The van der Waals surface area contributed by atoms with Crippen molar-refractivity contribution in [1.82, 2.24) is 5.32 Å². The van der Waals surface area contributed by atoms with Crippen LogP contribution in [0.15, 0.2) is 91.0 Å². The molecule has 4 aromatic rings. The van der Waals surface area contributed by atoms with Crippen LogP contribution in [0.5, 0.6) is 5.75 Å². The SMILES string of the molecule is COC(=O)C=Cc1cc(C(Cc2ccccc2)(NC(=O)c2ccc(F)c(C(F)(F)F)c2)c2cc(F)cc(OC(F)(F)C(F)F)c2)ccc1F. The van der Waals surface area contributed by atoms with Gasteiger partial charge in [-0.2, -0.15) is 30.7 Å². The molecule has 1 N–H and O–H groups in total. The van der Waals surface area contributed by atoms with Crippen LogP contribution in [0, 0.1) is 17.5 Å². The fraction of sp³-hybridized carbons (Fsp3) is 0.176. The lowest BCUT2D eigenvalue weighted by molar-refractivity contribution is -0.253. The Bertz CT molecular complexity index is 1860. The lowest BCUT2D eigenvalue weighted by Gasteiger charge is -2.37. The van der Waals surface area contributed by atoms with Crippen molar-refractivity contribution in [2.75, 3.05) is 7.11 Å². The van der Waals surface area contributed by atoms with Crippen molar-refractivity contribution in [3.05, 3.63) is 142 Å². The second kappa shape index (κ2) is 14.4. The van der Waals surface area contributed by atoms with Crippen molar-refractivity contribution in [3.8, 4) is 5.75 Å². The molecular weight excluding hydrogens is 676 g/mol. The van der Waals surface area contributed by atoms with Crippen LogP contribution in [0.25, 0.3) is 6.08 Å². The van der Waals surface area contributed by atoms with E-state index in [4.69, 9.17) is 0 Å². The van der Waals surface area contributed by atoms with Gasteiger partial charge in [-0.25, -0.2) is 18.0 Å². The highest BCUT2D eigenvalue weighted by Crippen LogP contribution is 2.39. The normalized spacial score (nSPS) is 13.3. The van der Waals surface area contributed by atoms with Crippen molar-refractivity contribution in [2.24, 2.45) is 0 Å². The molecule has 0 saturated heterocycles. The Kier molecular flexibility index (Phi) is 10.7. The van der Waals surface area contributed by atoms with Crippen LogP contribution >= 0.6 is 0 Å². The summed E-state index contributed by atoms with van der Waals surface area (Å²) in [6.45, 7) is 0. The molecule has 258 valence electrons. The van der Waals surface area contributed by atoms with Crippen molar-refractivity contribution in [2.45, 2.75) is 30.7 Å². The Morgan fingerprint density at radius 1 is 0.816 bits per heavy atom. The number of amides is 1. The van der Waals surface area contributed by atoms with Gasteiger partial charge in [0.05, 0.1) is 18.2 Å². The zero-order valence-corrected chi connectivity index (χ0v) is 24.9. The van der Waals surface area contributed by atoms with Crippen LogP contribution in [0.3, 0.4) is 0 Å². The van der Waals surface area contributed by atoms with Crippen LogP contribution in [0.4, 0.5) is 43.9 Å². The number of carbonyl (C=O) groups is 2. The van der Waals surface area contributed by atoms with E-state index in [0.717, 1.165) is 37.5 Å². The highest BCUT2D eigenvalue weighted by atomic mass is 19.4. The fourth-order valence-corrected chi connectivity index (χ4v) is 4.84. The molecule has 0 aromatic heterocycles. The highest BCUT2D eigenvalue weighted by Gasteiger charge is 2.45. The number of nitrogens with one attached hydrogen (secondary N) is 1. The van der Waals surface area contributed by atoms with E-state index in [1.165, 1.54) is 24.3 Å². The van der Waals surface area contributed by atoms with Crippen molar-refractivity contribution in [1.29, 1.82) is 0 Å². The summed E-state index contributed by atoms with van der Waals surface area (Å²) >= 11 is 0. The maximum absolute atomic E-state index is 15.2. The molecule has 0 bridgehead atoms. The molecule has 1 atom stereocenters. The molecule has 1 unspecified atom stereocenters. The lowest BCUT2D eigenvalue weighted by atomic mass is 9.77. The first kappa shape index (κ1) is 36.5. The number of carbonyl (C=O) groups excluding carboxylic acids is 2. The summed E-state index contributed by atoms with van der Waals surface area (Å²) < 4.78 is 147. The molecule has 0 radical (unpaired) electrons. The van der Waals surface area contributed by atoms with Gasteiger partial charge in [-0.1, -0.05) is 36.4 Å². The zero-order valence-electron chi connectivity index (χ0n) is 24.9. The van der Waals surface area contributed by atoms with E-state index in [9.17, 15) is 49.1 Å². The maximum atomic E-state index is 15.2. The number of esters is 1. The van der Waals surface area contributed by atoms with E-state index in [2.05, 4.69) is 14.8 Å². The minimum absolute atomic E-state index is 0.161. The molecule has 0 fully saturated rings. The van der Waals surface area contributed by atoms with Crippen LogP contribution < -0.4 is 10.1 Å². The second-order valence-electron chi connectivity index (χ2n) is 10.4. The summed E-state index contributed by atoms with van der Waals surface area (Å²) in [6, 6.07) is 13.7.